The van der Waals surface area contributed by atoms with Crippen LogP contribution in [0.25, 0.3) is 0 Å². The molecule has 1 aromatic rings. The number of benzene rings is 1. The van der Waals surface area contributed by atoms with Gasteiger partial charge in [-0.2, -0.15) is 5.26 Å². The molecular formula is C12H11NO3. The third kappa shape index (κ3) is 2.92. The van der Waals surface area contributed by atoms with Crippen LogP contribution < -0.4 is 0 Å². The Balaban J connectivity index is 2.81. The molecule has 0 fully saturated rings. The zero-order valence-electron chi connectivity index (χ0n) is 9.06. The van der Waals surface area contributed by atoms with E-state index < -0.39 is 11.8 Å². The highest BCUT2D eigenvalue weighted by molar-refractivity contribution is 6.40. The predicted molar refractivity (Wildman–Crippen MR) is 56.7 cm³/mol. The van der Waals surface area contributed by atoms with E-state index in [4.69, 9.17) is 10.00 Å². The van der Waals surface area contributed by atoms with Crippen molar-refractivity contribution in [3.63, 3.8) is 0 Å². The van der Waals surface area contributed by atoms with Gasteiger partial charge in [-0.3, -0.25) is 4.79 Å². The number of nitrogens with zero attached hydrogens (tertiary/aromatic N) is 1. The van der Waals surface area contributed by atoms with Crippen LogP contribution in [0.5, 0.6) is 0 Å². The number of ketones is 1. The molecular weight excluding hydrogens is 206 g/mol. The molecule has 16 heavy (non-hydrogen) atoms. The van der Waals surface area contributed by atoms with Crippen LogP contribution in [0.1, 0.15) is 29.8 Å². The van der Waals surface area contributed by atoms with Gasteiger partial charge in [-0.05, 0) is 38.1 Å². The lowest BCUT2D eigenvalue weighted by Crippen LogP contribution is -2.21. The fraction of sp³-hybridized carbons (Fsp3) is 0.250. The average Bonchev–Trinajstić information content (AvgIpc) is 2.27. The first-order valence-electron chi connectivity index (χ1n) is 4.80. The van der Waals surface area contributed by atoms with Gasteiger partial charge in [0.05, 0.1) is 17.7 Å². The van der Waals surface area contributed by atoms with Crippen LogP contribution in [0.2, 0.25) is 0 Å². The van der Waals surface area contributed by atoms with E-state index in [1.54, 1.807) is 13.8 Å². The van der Waals surface area contributed by atoms with Crippen molar-refractivity contribution in [3.8, 4) is 6.07 Å². The van der Waals surface area contributed by atoms with Crippen LogP contribution in [0.15, 0.2) is 24.3 Å². The summed E-state index contributed by atoms with van der Waals surface area (Å²) in [4.78, 5) is 22.8. The second kappa shape index (κ2) is 5.08. The molecule has 0 aliphatic rings. The van der Waals surface area contributed by atoms with Gasteiger partial charge in [-0.25, -0.2) is 4.79 Å². The number of nitriles is 1. The van der Waals surface area contributed by atoms with Crippen LogP contribution in [0.4, 0.5) is 0 Å². The smallest absolute Gasteiger partial charge is 0.379 e. The van der Waals surface area contributed by atoms with Gasteiger partial charge in [-0.15, -0.1) is 0 Å². The van der Waals surface area contributed by atoms with Crippen LogP contribution >= 0.6 is 0 Å². The topological polar surface area (TPSA) is 67.2 Å². The SMILES string of the molecule is CC(C)OC(=O)C(=O)c1ccc(C#N)cc1. The Morgan fingerprint density at radius 1 is 1.25 bits per heavy atom. The summed E-state index contributed by atoms with van der Waals surface area (Å²) in [6, 6.07) is 7.76. The predicted octanol–water partition coefficient (Wildman–Crippen LogP) is 1.69. The van der Waals surface area contributed by atoms with Gasteiger partial charge in [0.25, 0.3) is 5.78 Å². The molecule has 0 radical (unpaired) electrons. The standard InChI is InChI=1S/C12H11NO3/c1-8(2)16-12(15)11(14)10-5-3-9(7-13)4-6-10/h3-6,8H,1-2H3. The molecule has 0 bridgehead atoms. The Morgan fingerprint density at radius 2 is 1.81 bits per heavy atom. The van der Waals surface area contributed by atoms with E-state index in [1.807, 2.05) is 6.07 Å². The Morgan fingerprint density at radius 3 is 2.25 bits per heavy atom. The summed E-state index contributed by atoms with van der Waals surface area (Å²) in [5, 5.41) is 8.57. The minimum atomic E-state index is -0.875. The van der Waals surface area contributed by atoms with E-state index in [1.165, 1.54) is 24.3 Å². The molecule has 0 atom stereocenters. The third-order valence-corrected chi connectivity index (χ3v) is 1.80. The lowest BCUT2D eigenvalue weighted by atomic mass is 10.1. The fourth-order valence-corrected chi connectivity index (χ4v) is 1.08. The maximum atomic E-state index is 11.5. The number of carbonyl (C=O) groups excluding carboxylic acids is 2. The molecule has 1 aromatic carbocycles. The normalized spacial score (nSPS) is 9.62. The Kier molecular flexibility index (Phi) is 3.78. The summed E-state index contributed by atoms with van der Waals surface area (Å²) in [6.45, 7) is 3.34. The summed E-state index contributed by atoms with van der Waals surface area (Å²) in [5.74, 6) is -1.57. The molecule has 82 valence electrons. The van der Waals surface area contributed by atoms with Crippen LogP contribution in [0.3, 0.4) is 0 Å². The molecule has 0 amide bonds. The molecule has 4 nitrogen and oxygen atoms in total. The second-order valence-electron chi connectivity index (χ2n) is 3.47. The van der Waals surface area contributed by atoms with Gasteiger partial charge in [0.1, 0.15) is 0 Å². The van der Waals surface area contributed by atoms with Crippen LogP contribution in [0, 0.1) is 11.3 Å². The first-order valence-corrected chi connectivity index (χ1v) is 4.80. The summed E-state index contributed by atoms with van der Waals surface area (Å²) in [6.07, 6.45) is -0.324. The van der Waals surface area contributed by atoms with Gasteiger partial charge in [0.2, 0.25) is 0 Å². The molecule has 0 aromatic heterocycles. The molecule has 0 aliphatic heterocycles. The van der Waals surface area contributed by atoms with Gasteiger partial charge < -0.3 is 4.74 Å². The average molecular weight is 217 g/mol. The van der Waals surface area contributed by atoms with Gasteiger partial charge >= 0.3 is 5.97 Å². The van der Waals surface area contributed by atoms with Gasteiger partial charge in [-0.1, -0.05) is 0 Å². The maximum absolute atomic E-state index is 11.5. The highest BCUT2D eigenvalue weighted by Crippen LogP contribution is 2.06. The Hall–Kier alpha value is -2.15. The van der Waals surface area contributed by atoms with E-state index in [9.17, 15) is 9.59 Å². The fourth-order valence-electron chi connectivity index (χ4n) is 1.08. The number of Topliss-reactive ketones (excluding diaryl/α,β-unsaturated/α-hetero) is 1. The van der Waals surface area contributed by atoms with Crippen molar-refractivity contribution in [2.75, 3.05) is 0 Å². The molecule has 0 spiro atoms. The largest absolute Gasteiger partial charge is 0.457 e. The van der Waals surface area contributed by atoms with Crippen molar-refractivity contribution < 1.29 is 14.3 Å². The van der Waals surface area contributed by atoms with E-state index in [-0.39, 0.29) is 11.7 Å². The summed E-state index contributed by atoms with van der Waals surface area (Å²) in [5.41, 5.74) is 0.665. The number of esters is 1. The number of hydrogen-bond donors (Lipinski definition) is 0. The summed E-state index contributed by atoms with van der Waals surface area (Å²) >= 11 is 0. The highest BCUT2D eigenvalue weighted by atomic mass is 16.5. The summed E-state index contributed by atoms with van der Waals surface area (Å²) in [7, 11) is 0. The van der Waals surface area contributed by atoms with Crippen molar-refractivity contribution >= 4 is 11.8 Å². The van der Waals surface area contributed by atoms with E-state index in [2.05, 4.69) is 0 Å². The minimum Gasteiger partial charge on any atom is -0.457 e. The van der Waals surface area contributed by atoms with Crippen molar-refractivity contribution in [3.05, 3.63) is 35.4 Å². The number of hydrogen-bond acceptors (Lipinski definition) is 4. The summed E-state index contributed by atoms with van der Waals surface area (Å²) < 4.78 is 4.77. The van der Waals surface area contributed by atoms with Crippen molar-refractivity contribution in [1.29, 1.82) is 5.26 Å². The zero-order valence-corrected chi connectivity index (χ0v) is 9.06. The second-order valence-corrected chi connectivity index (χ2v) is 3.47. The molecule has 0 heterocycles. The van der Waals surface area contributed by atoms with E-state index >= 15 is 0 Å². The lowest BCUT2D eigenvalue weighted by molar-refractivity contribution is -0.141. The highest BCUT2D eigenvalue weighted by Gasteiger charge is 2.18. The molecule has 1 rings (SSSR count). The van der Waals surface area contributed by atoms with Gasteiger partial charge in [0, 0.05) is 5.56 Å². The van der Waals surface area contributed by atoms with Crippen molar-refractivity contribution in [2.24, 2.45) is 0 Å². The van der Waals surface area contributed by atoms with Gasteiger partial charge in [0.15, 0.2) is 0 Å². The van der Waals surface area contributed by atoms with E-state index in [0.29, 0.717) is 5.56 Å². The monoisotopic (exact) mass is 217 g/mol. The van der Waals surface area contributed by atoms with Crippen LogP contribution in [-0.2, 0) is 9.53 Å². The van der Waals surface area contributed by atoms with E-state index in [0.717, 1.165) is 0 Å². The lowest BCUT2D eigenvalue weighted by Gasteiger charge is -2.06. The molecule has 4 heteroatoms. The zero-order chi connectivity index (χ0) is 12.1. The van der Waals surface area contributed by atoms with Crippen molar-refractivity contribution in [1.82, 2.24) is 0 Å². The first kappa shape index (κ1) is 11.9. The number of ether oxygens (including phenoxy) is 1. The molecule has 0 aliphatic carbocycles. The Labute approximate surface area is 93.5 Å². The third-order valence-electron chi connectivity index (χ3n) is 1.80. The minimum absolute atomic E-state index is 0.227. The Bertz CT molecular complexity index is 440. The molecule has 0 saturated heterocycles. The van der Waals surface area contributed by atoms with Crippen LogP contribution in [-0.4, -0.2) is 17.9 Å². The number of rotatable bonds is 3. The van der Waals surface area contributed by atoms with Crippen molar-refractivity contribution in [2.45, 2.75) is 20.0 Å². The molecule has 0 N–H and O–H groups in total. The first-order chi connectivity index (χ1) is 7.54. The number of carbonyl (C=O) groups is 2. The maximum Gasteiger partial charge on any atom is 0.379 e. The molecule has 0 saturated carbocycles. The quantitative estimate of drug-likeness (QED) is 0.439. The molecule has 0 unspecified atom stereocenters.